The van der Waals surface area contributed by atoms with Crippen molar-refractivity contribution in [3.05, 3.63) is 24.3 Å². The van der Waals surface area contributed by atoms with Crippen LogP contribution in [0.4, 0.5) is 5.69 Å². The molecule has 8 heteroatoms. The fourth-order valence-electron chi connectivity index (χ4n) is 1.55. The summed E-state index contributed by atoms with van der Waals surface area (Å²) in [5.41, 5.74) is 0.515. The Morgan fingerprint density at radius 1 is 1.05 bits per heavy atom. The van der Waals surface area contributed by atoms with Gasteiger partial charge >= 0.3 is 0 Å². The highest BCUT2D eigenvalue weighted by molar-refractivity contribution is 7.91. The second-order valence-electron chi connectivity index (χ2n) is 4.45. The molecule has 0 fully saturated rings. The van der Waals surface area contributed by atoms with Gasteiger partial charge in [-0.15, -0.1) is 0 Å². The predicted octanol–water partition coefficient (Wildman–Crippen LogP) is 0.831. The first-order valence-electron chi connectivity index (χ1n) is 6.26. The van der Waals surface area contributed by atoms with Gasteiger partial charge in [-0.2, -0.15) is 0 Å². The van der Waals surface area contributed by atoms with E-state index in [4.69, 9.17) is 0 Å². The minimum absolute atomic E-state index is 0.127. The van der Waals surface area contributed by atoms with Crippen LogP contribution >= 0.6 is 0 Å². The SMILES string of the molecule is CCCNc1ccccc1S(=O)(=O)NCCS(C)(=O)=O. The van der Waals surface area contributed by atoms with Gasteiger partial charge in [-0.25, -0.2) is 21.6 Å². The number of rotatable bonds is 8. The fourth-order valence-corrected chi connectivity index (χ4v) is 3.36. The van der Waals surface area contributed by atoms with Crippen molar-refractivity contribution in [2.24, 2.45) is 0 Å². The number of sulfonamides is 1. The normalized spacial score (nSPS) is 12.3. The van der Waals surface area contributed by atoms with Crippen LogP contribution in [0, 0.1) is 0 Å². The lowest BCUT2D eigenvalue weighted by atomic mass is 10.3. The molecule has 0 aromatic heterocycles. The van der Waals surface area contributed by atoms with Gasteiger partial charge in [0.2, 0.25) is 10.0 Å². The Morgan fingerprint density at radius 2 is 1.70 bits per heavy atom. The number of para-hydroxylation sites is 1. The Hall–Kier alpha value is -1.12. The number of benzene rings is 1. The Morgan fingerprint density at radius 3 is 2.30 bits per heavy atom. The summed E-state index contributed by atoms with van der Waals surface area (Å²) in [7, 11) is -6.92. The van der Waals surface area contributed by atoms with Gasteiger partial charge in [0.05, 0.1) is 11.4 Å². The fraction of sp³-hybridized carbons (Fsp3) is 0.500. The molecule has 0 bridgehead atoms. The molecule has 1 aromatic rings. The van der Waals surface area contributed by atoms with E-state index in [0.717, 1.165) is 12.7 Å². The van der Waals surface area contributed by atoms with E-state index in [-0.39, 0.29) is 17.2 Å². The van der Waals surface area contributed by atoms with Gasteiger partial charge < -0.3 is 5.32 Å². The zero-order valence-corrected chi connectivity index (χ0v) is 13.2. The average molecular weight is 320 g/mol. The van der Waals surface area contributed by atoms with Gasteiger partial charge in [0.1, 0.15) is 14.7 Å². The molecule has 0 aliphatic rings. The summed E-state index contributed by atoms with van der Waals surface area (Å²) in [5.74, 6) is -0.225. The summed E-state index contributed by atoms with van der Waals surface area (Å²) in [6.45, 7) is 2.51. The third-order valence-electron chi connectivity index (χ3n) is 2.51. The van der Waals surface area contributed by atoms with E-state index in [0.29, 0.717) is 12.2 Å². The lowest BCUT2D eigenvalue weighted by molar-refractivity contribution is 0.582. The minimum Gasteiger partial charge on any atom is -0.384 e. The highest BCUT2D eigenvalue weighted by Gasteiger charge is 2.18. The van der Waals surface area contributed by atoms with Gasteiger partial charge in [0.15, 0.2) is 0 Å². The maximum Gasteiger partial charge on any atom is 0.242 e. The molecule has 0 amide bonds. The first-order valence-corrected chi connectivity index (χ1v) is 9.81. The maximum atomic E-state index is 12.2. The highest BCUT2D eigenvalue weighted by atomic mass is 32.2. The van der Waals surface area contributed by atoms with Crippen LogP contribution in [-0.2, 0) is 19.9 Å². The molecule has 0 saturated carbocycles. The Bertz CT molecular complexity index is 639. The summed E-state index contributed by atoms with van der Waals surface area (Å²) in [5, 5.41) is 3.04. The van der Waals surface area contributed by atoms with E-state index >= 15 is 0 Å². The maximum absolute atomic E-state index is 12.2. The van der Waals surface area contributed by atoms with Crippen LogP contribution in [0.25, 0.3) is 0 Å². The summed E-state index contributed by atoms with van der Waals surface area (Å²) in [4.78, 5) is 0.127. The molecule has 0 radical (unpaired) electrons. The molecule has 0 aliphatic carbocycles. The molecule has 0 unspecified atom stereocenters. The molecular formula is C12H20N2O4S2. The van der Waals surface area contributed by atoms with Crippen molar-refractivity contribution in [3.63, 3.8) is 0 Å². The van der Waals surface area contributed by atoms with Crippen LogP contribution in [0.2, 0.25) is 0 Å². The van der Waals surface area contributed by atoms with Crippen molar-refractivity contribution in [3.8, 4) is 0 Å². The van der Waals surface area contributed by atoms with Crippen LogP contribution in [-0.4, -0.2) is 41.9 Å². The van der Waals surface area contributed by atoms with E-state index in [1.165, 1.54) is 6.07 Å². The second-order valence-corrected chi connectivity index (χ2v) is 8.45. The van der Waals surface area contributed by atoms with Gasteiger partial charge in [-0.3, -0.25) is 0 Å². The molecular weight excluding hydrogens is 300 g/mol. The third kappa shape index (κ3) is 5.48. The second kappa shape index (κ2) is 7.05. The molecule has 2 N–H and O–H groups in total. The van der Waals surface area contributed by atoms with Gasteiger partial charge in [0.25, 0.3) is 0 Å². The monoisotopic (exact) mass is 320 g/mol. The standard InChI is InChI=1S/C12H20N2O4S2/c1-3-8-13-11-6-4-5-7-12(11)20(17,18)14-9-10-19(2,15)16/h4-7,13-14H,3,8-10H2,1-2H3. The van der Waals surface area contributed by atoms with E-state index in [1.54, 1.807) is 18.2 Å². The quantitative estimate of drug-likeness (QED) is 0.740. The van der Waals surface area contributed by atoms with E-state index in [1.807, 2.05) is 6.92 Å². The summed E-state index contributed by atoms with van der Waals surface area (Å²) < 4.78 is 48.6. The van der Waals surface area contributed by atoms with Crippen LogP contribution in [0.1, 0.15) is 13.3 Å². The van der Waals surface area contributed by atoms with Crippen LogP contribution in [0.5, 0.6) is 0 Å². The Labute approximate surface area is 120 Å². The largest absolute Gasteiger partial charge is 0.384 e. The van der Waals surface area contributed by atoms with Crippen molar-refractivity contribution < 1.29 is 16.8 Å². The minimum atomic E-state index is -3.72. The number of hydrogen-bond acceptors (Lipinski definition) is 5. The molecule has 0 saturated heterocycles. The van der Waals surface area contributed by atoms with Gasteiger partial charge in [0, 0.05) is 19.3 Å². The molecule has 0 spiro atoms. The summed E-state index contributed by atoms with van der Waals surface area (Å²) >= 11 is 0. The smallest absolute Gasteiger partial charge is 0.242 e. The molecule has 6 nitrogen and oxygen atoms in total. The Kier molecular flexibility index (Phi) is 5.97. The Balaban J connectivity index is 2.86. The number of sulfone groups is 1. The van der Waals surface area contributed by atoms with Crippen molar-refractivity contribution in [1.29, 1.82) is 0 Å². The lowest BCUT2D eigenvalue weighted by Crippen LogP contribution is -2.29. The number of nitrogens with one attached hydrogen (secondary N) is 2. The van der Waals surface area contributed by atoms with Gasteiger partial charge in [-0.1, -0.05) is 19.1 Å². The van der Waals surface area contributed by atoms with Crippen LogP contribution in [0.15, 0.2) is 29.2 Å². The van der Waals surface area contributed by atoms with E-state index < -0.39 is 19.9 Å². The molecule has 0 atom stereocenters. The number of anilines is 1. The van der Waals surface area contributed by atoms with Crippen molar-refractivity contribution in [2.75, 3.05) is 30.4 Å². The van der Waals surface area contributed by atoms with Crippen molar-refractivity contribution >= 4 is 25.5 Å². The molecule has 1 aromatic carbocycles. The summed E-state index contributed by atoms with van der Waals surface area (Å²) in [6, 6.07) is 6.54. The lowest BCUT2D eigenvalue weighted by Gasteiger charge is -2.12. The topological polar surface area (TPSA) is 92.3 Å². The first-order chi connectivity index (χ1) is 9.26. The highest BCUT2D eigenvalue weighted by Crippen LogP contribution is 2.20. The van der Waals surface area contributed by atoms with Gasteiger partial charge in [-0.05, 0) is 18.6 Å². The molecule has 0 heterocycles. The predicted molar refractivity (Wildman–Crippen MR) is 80.1 cm³/mol. The zero-order chi connectivity index (χ0) is 15.2. The summed E-state index contributed by atoms with van der Waals surface area (Å²) in [6.07, 6.45) is 1.94. The molecule has 114 valence electrons. The average Bonchev–Trinajstić information content (AvgIpc) is 2.34. The first kappa shape index (κ1) is 16.9. The van der Waals surface area contributed by atoms with Crippen LogP contribution in [0.3, 0.4) is 0 Å². The molecule has 20 heavy (non-hydrogen) atoms. The number of hydrogen-bond donors (Lipinski definition) is 2. The van der Waals surface area contributed by atoms with Crippen molar-refractivity contribution in [1.82, 2.24) is 4.72 Å². The zero-order valence-electron chi connectivity index (χ0n) is 11.6. The van der Waals surface area contributed by atoms with Crippen LogP contribution < -0.4 is 10.0 Å². The van der Waals surface area contributed by atoms with Crippen molar-refractivity contribution in [2.45, 2.75) is 18.2 Å². The molecule has 1 rings (SSSR count). The van der Waals surface area contributed by atoms with E-state index in [9.17, 15) is 16.8 Å². The molecule has 0 aliphatic heterocycles. The van der Waals surface area contributed by atoms with E-state index in [2.05, 4.69) is 10.0 Å². The third-order valence-corrected chi connectivity index (χ3v) is 4.97.